The molecule has 0 aromatic carbocycles. The number of nitrogens with zero attached hydrogens (tertiary/aromatic N) is 4. The largest absolute Gasteiger partial charge is 0.360 e. The number of hydrogen-bond acceptors (Lipinski definition) is 5. The van der Waals surface area contributed by atoms with Gasteiger partial charge in [0, 0.05) is 49.6 Å². The molecule has 9 heteroatoms. The van der Waals surface area contributed by atoms with Crippen molar-refractivity contribution in [2.45, 2.75) is 37.4 Å². The predicted octanol–water partition coefficient (Wildman–Crippen LogP) is 0.449. The maximum atomic E-state index is 13.4. The number of rotatable bonds is 2. The predicted molar refractivity (Wildman–Crippen MR) is 110 cm³/mol. The van der Waals surface area contributed by atoms with Gasteiger partial charge >= 0.3 is 0 Å². The molecule has 9 nitrogen and oxygen atoms in total. The zero-order valence-corrected chi connectivity index (χ0v) is 17.6. The van der Waals surface area contributed by atoms with Crippen LogP contribution in [0.3, 0.4) is 0 Å². The van der Waals surface area contributed by atoms with Crippen LogP contribution in [0.4, 0.5) is 0 Å². The number of fused-ring (bicyclic) bond motifs is 2. The summed E-state index contributed by atoms with van der Waals surface area (Å²) < 4.78 is 7.60. The van der Waals surface area contributed by atoms with Crippen LogP contribution < -0.4 is 5.56 Å². The van der Waals surface area contributed by atoms with Crippen LogP contribution >= 0.6 is 0 Å². The number of nitrogens with one attached hydrogen (secondary N) is 1. The lowest BCUT2D eigenvalue weighted by Crippen LogP contribution is -2.48. The summed E-state index contributed by atoms with van der Waals surface area (Å²) >= 11 is 0. The van der Waals surface area contributed by atoms with Gasteiger partial charge in [0.15, 0.2) is 5.65 Å². The smallest absolute Gasteiger partial charge is 0.272 e. The zero-order chi connectivity index (χ0) is 21.5. The number of aromatic nitrogens is 3. The van der Waals surface area contributed by atoms with E-state index in [1.165, 1.54) is 10.6 Å². The van der Waals surface area contributed by atoms with Gasteiger partial charge in [0.2, 0.25) is 11.8 Å². The van der Waals surface area contributed by atoms with E-state index in [0.717, 1.165) is 18.5 Å². The third kappa shape index (κ3) is 2.59. The van der Waals surface area contributed by atoms with Gasteiger partial charge in [-0.1, -0.05) is 12.2 Å². The Labute approximate surface area is 178 Å². The Morgan fingerprint density at radius 2 is 2.03 bits per heavy atom. The van der Waals surface area contributed by atoms with Gasteiger partial charge in [0.05, 0.1) is 24.5 Å². The monoisotopic (exact) mass is 423 g/mol. The summed E-state index contributed by atoms with van der Waals surface area (Å²) in [6, 6.07) is 3.44. The summed E-state index contributed by atoms with van der Waals surface area (Å²) in [6.07, 6.45) is 5.22. The molecule has 4 aliphatic heterocycles. The van der Waals surface area contributed by atoms with E-state index in [1.54, 1.807) is 11.9 Å². The molecule has 2 amide bonds. The number of piperidine rings is 1. The van der Waals surface area contributed by atoms with Crippen LogP contribution in [0.25, 0.3) is 5.65 Å². The zero-order valence-electron chi connectivity index (χ0n) is 17.6. The number of amides is 2. The second kappa shape index (κ2) is 6.29. The van der Waals surface area contributed by atoms with Crippen molar-refractivity contribution in [1.29, 1.82) is 0 Å². The number of carbonyl (C=O) groups excluding carboxylic acids is 2. The number of likely N-dealkylation sites (N-methyl/N-ethyl adjacent to an activating group) is 1. The van der Waals surface area contributed by atoms with Crippen molar-refractivity contribution in [2.75, 3.05) is 26.7 Å². The Hall–Kier alpha value is -2.94. The third-order valence-electron chi connectivity index (χ3n) is 7.42. The number of aryl methyl sites for hydroxylation is 1. The first-order chi connectivity index (χ1) is 14.9. The molecule has 6 heterocycles. The van der Waals surface area contributed by atoms with Crippen LogP contribution in [0.5, 0.6) is 0 Å². The molecule has 6 rings (SSSR count). The molecule has 2 aromatic heterocycles. The quantitative estimate of drug-likeness (QED) is 0.707. The van der Waals surface area contributed by atoms with Gasteiger partial charge in [-0.15, -0.1) is 0 Å². The number of carbonyl (C=O) groups is 2. The summed E-state index contributed by atoms with van der Waals surface area (Å²) in [7, 11) is 1.77. The lowest BCUT2D eigenvalue weighted by Gasteiger charge is -2.35. The van der Waals surface area contributed by atoms with Crippen molar-refractivity contribution in [1.82, 2.24) is 24.4 Å². The minimum atomic E-state index is -0.627. The van der Waals surface area contributed by atoms with Gasteiger partial charge in [0.25, 0.3) is 5.56 Å². The number of ether oxygens (including phenoxy) is 1. The van der Waals surface area contributed by atoms with Gasteiger partial charge in [-0.25, -0.2) is 9.50 Å². The van der Waals surface area contributed by atoms with Crippen LogP contribution in [-0.2, 0) is 14.3 Å². The highest BCUT2D eigenvalue weighted by Gasteiger charge is 2.66. The lowest BCUT2D eigenvalue weighted by atomic mass is 9.76. The van der Waals surface area contributed by atoms with Gasteiger partial charge in [-0.3, -0.25) is 19.5 Å². The first kappa shape index (κ1) is 18.8. The maximum absolute atomic E-state index is 13.4. The lowest BCUT2D eigenvalue weighted by molar-refractivity contribution is -0.143. The van der Waals surface area contributed by atoms with Crippen molar-refractivity contribution in [3.8, 4) is 0 Å². The molecule has 31 heavy (non-hydrogen) atoms. The van der Waals surface area contributed by atoms with Crippen molar-refractivity contribution >= 4 is 17.5 Å². The van der Waals surface area contributed by atoms with E-state index < -0.39 is 17.4 Å². The molecule has 0 aliphatic carbocycles. The van der Waals surface area contributed by atoms with E-state index in [1.807, 2.05) is 30.0 Å². The van der Waals surface area contributed by atoms with Crippen molar-refractivity contribution in [3.63, 3.8) is 0 Å². The second-order valence-electron chi connectivity index (χ2n) is 9.33. The topological polar surface area (TPSA) is 100 Å². The molecule has 4 atom stereocenters. The fourth-order valence-electron chi connectivity index (χ4n) is 5.93. The van der Waals surface area contributed by atoms with Crippen molar-refractivity contribution in [2.24, 2.45) is 11.8 Å². The summed E-state index contributed by atoms with van der Waals surface area (Å²) in [6.45, 7) is 3.57. The molecule has 2 bridgehead atoms. The summed E-state index contributed by atoms with van der Waals surface area (Å²) in [4.78, 5) is 46.3. The normalized spacial score (nSPS) is 32.5. The molecular weight excluding hydrogens is 398 g/mol. The number of likely N-dealkylation sites (tertiary alicyclic amines) is 2. The molecule has 1 N–H and O–H groups in total. The maximum Gasteiger partial charge on any atom is 0.272 e. The van der Waals surface area contributed by atoms with E-state index in [-0.39, 0.29) is 29.4 Å². The van der Waals surface area contributed by atoms with E-state index in [2.05, 4.69) is 10.1 Å². The van der Waals surface area contributed by atoms with E-state index in [4.69, 9.17) is 4.74 Å². The summed E-state index contributed by atoms with van der Waals surface area (Å²) in [5.74, 6) is -0.586. The van der Waals surface area contributed by atoms with Crippen molar-refractivity contribution in [3.05, 3.63) is 46.0 Å². The number of aromatic amines is 1. The highest BCUT2D eigenvalue weighted by atomic mass is 16.5. The molecule has 2 aromatic rings. The average molecular weight is 423 g/mol. The Balaban J connectivity index is 1.19. The third-order valence-corrected chi connectivity index (χ3v) is 7.42. The summed E-state index contributed by atoms with van der Waals surface area (Å²) in [5.41, 5.74) is 1.55. The number of H-pyrrole nitrogens is 1. The Kier molecular flexibility index (Phi) is 3.81. The molecule has 4 aliphatic rings. The highest BCUT2D eigenvalue weighted by molar-refractivity contribution is 5.93. The van der Waals surface area contributed by atoms with Crippen molar-refractivity contribution < 1.29 is 14.3 Å². The standard InChI is InChI=1S/C22H25N5O4/c1-12-9-17(28)27-16(23-12)10-14(24-27)13-4-7-26(8-5-13)20(29)18-15-3-6-22(31-15)11-25(2)21(30)19(18)22/h3,6,9-10,13,15,18-19,24H,4-5,7-8,11H2,1-2H3/t15-,18+,19+,22+/m1/s1. The van der Waals surface area contributed by atoms with E-state index >= 15 is 0 Å². The molecule has 0 saturated carbocycles. The molecule has 0 unspecified atom stereocenters. The van der Waals surface area contributed by atoms with Crippen LogP contribution in [0.2, 0.25) is 0 Å². The van der Waals surface area contributed by atoms with Crippen LogP contribution in [0.15, 0.2) is 29.1 Å². The van der Waals surface area contributed by atoms with Gasteiger partial charge in [0.1, 0.15) is 5.60 Å². The SMILES string of the molecule is Cc1cc(=O)n2[nH]c(C3CCN(C(=O)[C@@H]4[C@H]5C(=O)N(C)C[C@@]56C=C[C@H]4O6)CC3)cc2n1. The second-order valence-corrected chi connectivity index (χ2v) is 9.33. The van der Waals surface area contributed by atoms with Crippen LogP contribution in [-0.4, -0.2) is 74.6 Å². The molecule has 162 valence electrons. The molecule has 1 spiro atoms. The van der Waals surface area contributed by atoms with E-state index in [0.29, 0.717) is 31.0 Å². The fraction of sp³-hybridized carbons (Fsp3) is 0.545. The first-order valence-corrected chi connectivity index (χ1v) is 10.9. The number of hydrogen-bond donors (Lipinski definition) is 1. The van der Waals surface area contributed by atoms with Crippen LogP contribution in [0.1, 0.15) is 30.1 Å². The van der Waals surface area contributed by atoms with Crippen LogP contribution in [0, 0.1) is 18.8 Å². The first-order valence-electron chi connectivity index (χ1n) is 10.9. The van der Waals surface area contributed by atoms with Gasteiger partial charge < -0.3 is 14.5 Å². The summed E-state index contributed by atoms with van der Waals surface area (Å²) in [5, 5.41) is 3.18. The van der Waals surface area contributed by atoms with Gasteiger partial charge in [-0.05, 0) is 19.8 Å². The molecular formula is C22H25N5O4. The van der Waals surface area contributed by atoms with E-state index in [9.17, 15) is 14.4 Å². The highest BCUT2D eigenvalue weighted by Crippen LogP contribution is 2.52. The minimum absolute atomic E-state index is 0.00592. The Bertz CT molecular complexity index is 1190. The average Bonchev–Trinajstić information content (AvgIpc) is 3.48. The molecule has 0 radical (unpaired) electrons. The fourth-order valence-corrected chi connectivity index (χ4v) is 5.93. The Morgan fingerprint density at radius 3 is 2.81 bits per heavy atom. The minimum Gasteiger partial charge on any atom is -0.360 e. The Morgan fingerprint density at radius 1 is 1.26 bits per heavy atom. The molecule has 3 fully saturated rings. The van der Waals surface area contributed by atoms with Gasteiger partial charge in [-0.2, -0.15) is 0 Å². The molecule has 3 saturated heterocycles.